The number of hydrogen-bond donors (Lipinski definition) is 0. The van der Waals surface area contributed by atoms with Crippen molar-refractivity contribution in [1.82, 2.24) is 24.2 Å². The predicted molar refractivity (Wildman–Crippen MR) is 99.4 cm³/mol. The van der Waals surface area contributed by atoms with E-state index in [1.54, 1.807) is 12.5 Å². The number of carbonyl (C=O) groups excluding carboxylic acids is 1. The average molecular weight is 349 g/mol. The Morgan fingerprint density at radius 3 is 2.65 bits per heavy atom. The number of aryl methyl sites for hydroxylation is 2. The molecule has 0 spiro atoms. The third-order valence-electron chi connectivity index (χ3n) is 4.99. The van der Waals surface area contributed by atoms with Crippen molar-refractivity contribution in [3.8, 4) is 5.69 Å². The third-order valence-corrected chi connectivity index (χ3v) is 4.99. The van der Waals surface area contributed by atoms with Crippen LogP contribution < -0.4 is 0 Å². The minimum atomic E-state index is 0.0911. The number of amides is 1. The maximum Gasteiger partial charge on any atom is 0.253 e. The molecule has 0 bridgehead atoms. The molecule has 3 aromatic rings. The molecular weight excluding hydrogens is 326 g/mol. The zero-order valence-electron chi connectivity index (χ0n) is 15.2. The monoisotopic (exact) mass is 349 g/mol. The Balaban J connectivity index is 1.50. The van der Waals surface area contributed by atoms with E-state index in [1.807, 2.05) is 46.9 Å². The summed E-state index contributed by atoms with van der Waals surface area (Å²) in [5.74, 6) is 0.0911. The van der Waals surface area contributed by atoms with Gasteiger partial charge in [0.1, 0.15) is 0 Å². The smallest absolute Gasteiger partial charge is 0.253 e. The van der Waals surface area contributed by atoms with Crippen molar-refractivity contribution in [3.05, 3.63) is 66.0 Å². The van der Waals surface area contributed by atoms with Crippen molar-refractivity contribution in [2.45, 2.75) is 32.7 Å². The molecule has 0 N–H and O–H groups in total. The van der Waals surface area contributed by atoms with Crippen molar-refractivity contribution in [2.75, 3.05) is 13.1 Å². The fourth-order valence-electron chi connectivity index (χ4n) is 3.73. The molecule has 0 unspecified atom stereocenters. The van der Waals surface area contributed by atoms with Gasteiger partial charge in [-0.1, -0.05) is 0 Å². The summed E-state index contributed by atoms with van der Waals surface area (Å²) < 4.78 is 4.00. The first kappa shape index (κ1) is 16.6. The van der Waals surface area contributed by atoms with E-state index in [-0.39, 0.29) is 11.9 Å². The van der Waals surface area contributed by atoms with Crippen molar-refractivity contribution < 1.29 is 4.79 Å². The minimum Gasteiger partial charge on any atom is -0.337 e. The van der Waals surface area contributed by atoms with E-state index in [9.17, 15) is 4.79 Å². The van der Waals surface area contributed by atoms with Gasteiger partial charge in [-0.25, -0.2) is 4.98 Å². The minimum absolute atomic E-state index is 0.0911. The highest BCUT2D eigenvalue weighted by atomic mass is 16.2. The van der Waals surface area contributed by atoms with Crippen LogP contribution in [0.15, 0.2) is 49.1 Å². The molecule has 1 amide bonds. The second kappa shape index (κ2) is 6.78. The second-order valence-electron chi connectivity index (χ2n) is 6.94. The Hall–Kier alpha value is -2.89. The summed E-state index contributed by atoms with van der Waals surface area (Å²) in [6.07, 6.45) is 7.44. The Morgan fingerprint density at radius 1 is 1.19 bits per heavy atom. The zero-order chi connectivity index (χ0) is 18.1. The van der Waals surface area contributed by atoms with Crippen molar-refractivity contribution >= 4 is 5.91 Å². The Morgan fingerprint density at radius 2 is 2.00 bits per heavy atom. The maximum absolute atomic E-state index is 12.9. The number of likely N-dealkylation sites (tertiary alicyclic amines) is 1. The van der Waals surface area contributed by atoms with E-state index in [2.05, 4.69) is 27.8 Å². The number of benzene rings is 1. The highest BCUT2D eigenvalue weighted by Gasteiger charge is 2.26. The van der Waals surface area contributed by atoms with Crippen LogP contribution in [0.4, 0.5) is 0 Å². The van der Waals surface area contributed by atoms with Crippen LogP contribution in [0.25, 0.3) is 5.69 Å². The quantitative estimate of drug-likeness (QED) is 0.730. The predicted octanol–water partition coefficient (Wildman–Crippen LogP) is 3.16. The van der Waals surface area contributed by atoms with Crippen molar-refractivity contribution in [2.24, 2.45) is 0 Å². The van der Waals surface area contributed by atoms with E-state index in [0.29, 0.717) is 6.54 Å². The number of aromatic nitrogens is 4. The molecule has 134 valence electrons. The first-order valence-corrected chi connectivity index (χ1v) is 9.02. The molecule has 6 heteroatoms. The molecule has 0 saturated carbocycles. The molecule has 1 aliphatic rings. The Bertz CT molecular complexity index is 895. The van der Waals surface area contributed by atoms with Gasteiger partial charge in [-0.3, -0.25) is 9.48 Å². The number of rotatable bonds is 3. The van der Waals surface area contributed by atoms with Crippen molar-refractivity contribution in [3.63, 3.8) is 0 Å². The lowest BCUT2D eigenvalue weighted by Gasteiger charge is -2.33. The van der Waals surface area contributed by atoms with Crippen LogP contribution in [-0.4, -0.2) is 43.2 Å². The molecule has 1 aromatic carbocycles. The van der Waals surface area contributed by atoms with Gasteiger partial charge >= 0.3 is 0 Å². The topological polar surface area (TPSA) is 56.0 Å². The van der Waals surface area contributed by atoms with Gasteiger partial charge in [-0.2, -0.15) is 5.10 Å². The average Bonchev–Trinajstić information content (AvgIpc) is 3.31. The van der Waals surface area contributed by atoms with Gasteiger partial charge in [0.05, 0.1) is 18.1 Å². The van der Waals surface area contributed by atoms with Gasteiger partial charge in [-0.15, -0.1) is 0 Å². The van der Waals surface area contributed by atoms with Gasteiger partial charge in [-0.05, 0) is 57.0 Å². The summed E-state index contributed by atoms with van der Waals surface area (Å²) in [4.78, 5) is 19.0. The van der Waals surface area contributed by atoms with E-state index >= 15 is 0 Å². The lowest BCUT2D eigenvalue weighted by atomic mass is 10.0. The lowest BCUT2D eigenvalue weighted by molar-refractivity contribution is 0.0671. The number of piperidine rings is 1. The van der Waals surface area contributed by atoms with Crippen LogP contribution in [0.5, 0.6) is 0 Å². The Labute approximate surface area is 153 Å². The first-order chi connectivity index (χ1) is 12.6. The molecule has 4 rings (SSSR count). The fraction of sp³-hybridized carbons (Fsp3) is 0.350. The summed E-state index contributed by atoms with van der Waals surface area (Å²) in [5, 5.41) is 4.61. The van der Waals surface area contributed by atoms with E-state index in [4.69, 9.17) is 0 Å². The summed E-state index contributed by atoms with van der Waals surface area (Å²) in [5.41, 5.74) is 3.91. The summed E-state index contributed by atoms with van der Waals surface area (Å²) >= 11 is 0. The molecule has 1 fully saturated rings. The highest BCUT2D eigenvalue weighted by molar-refractivity contribution is 5.94. The molecule has 2 aromatic heterocycles. The Kier molecular flexibility index (Phi) is 4.32. The van der Waals surface area contributed by atoms with Crippen LogP contribution in [0.1, 0.15) is 40.6 Å². The van der Waals surface area contributed by atoms with Gasteiger partial charge in [0, 0.05) is 42.4 Å². The molecule has 26 heavy (non-hydrogen) atoms. The van der Waals surface area contributed by atoms with E-state index < -0.39 is 0 Å². The largest absolute Gasteiger partial charge is 0.337 e. The normalized spacial score (nSPS) is 17.5. The molecule has 0 aliphatic carbocycles. The van der Waals surface area contributed by atoms with E-state index in [0.717, 1.165) is 42.0 Å². The van der Waals surface area contributed by atoms with Gasteiger partial charge in [0.25, 0.3) is 5.91 Å². The van der Waals surface area contributed by atoms with Crippen molar-refractivity contribution in [1.29, 1.82) is 0 Å². The number of imidazole rings is 1. The van der Waals surface area contributed by atoms with E-state index in [1.165, 1.54) is 0 Å². The zero-order valence-corrected chi connectivity index (χ0v) is 15.2. The van der Waals surface area contributed by atoms with Crippen LogP contribution >= 0.6 is 0 Å². The second-order valence-corrected chi connectivity index (χ2v) is 6.94. The standard InChI is InChI=1S/C20H23N5O/c1-15-12-16(2)25(22-15)19-4-3-10-23(13-19)20(26)17-5-7-18(8-6-17)24-11-9-21-14-24/h5-9,11-12,14,19H,3-4,10,13H2,1-2H3/t19-/m1/s1. The summed E-state index contributed by atoms with van der Waals surface area (Å²) in [6.45, 7) is 5.61. The molecule has 1 aliphatic heterocycles. The third kappa shape index (κ3) is 3.14. The first-order valence-electron chi connectivity index (χ1n) is 9.02. The fourth-order valence-corrected chi connectivity index (χ4v) is 3.73. The molecule has 1 saturated heterocycles. The molecule has 3 heterocycles. The number of hydrogen-bond acceptors (Lipinski definition) is 3. The lowest BCUT2D eigenvalue weighted by Crippen LogP contribution is -2.41. The van der Waals surface area contributed by atoms with Gasteiger partial charge in [0.2, 0.25) is 0 Å². The van der Waals surface area contributed by atoms with Crippen LogP contribution in [0.2, 0.25) is 0 Å². The summed E-state index contributed by atoms with van der Waals surface area (Å²) in [6, 6.07) is 10.0. The molecule has 6 nitrogen and oxygen atoms in total. The highest BCUT2D eigenvalue weighted by Crippen LogP contribution is 2.24. The van der Waals surface area contributed by atoms with Crippen LogP contribution in [0, 0.1) is 13.8 Å². The van der Waals surface area contributed by atoms with Gasteiger partial charge < -0.3 is 9.47 Å². The summed E-state index contributed by atoms with van der Waals surface area (Å²) in [7, 11) is 0. The maximum atomic E-state index is 12.9. The van der Waals surface area contributed by atoms with Crippen LogP contribution in [0.3, 0.4) is 0 Å². The van der Waals surface area contributed by atoms with Crippen LogP contribution in [-0.2, 0) is 0 Å². The SMILES string of the molecule is Cc1cc(C)n([C@@H]2CCCN(C(=O)c3ccc(-n4ccnc4)cc3)C2)n1. The molecular formula is C20H23N5O. The van der Waals surface area contributed by atoms with Gasteiger partial charge in [0.15, 0.2) is 0 Å². The number of carbonyl (C=O) groups is 1. The molecule has 0 radical (unpaired) electrons. The molecule has 1 atom stereocenters. The number of nitrogens with zero attached hydrogens (tertiary/aromatic N) is 5.